The standard InChI is InChI=1S/C14H18BrNOS/c1-2-13-10-16(7-8-18-13)14(17)12-5-3-11(9-15)4-6-12/h3-6,13H,2,7-10H2,1H3. The van der Waals surface area contributed by atoms with Crippen LogP contribution in [0.3, 0.4) is 0 Å². The summed E-state index contributed by atoms with van der Waals surface area (Å²) in [6, 6.07) is 7.89. The van der Waals surface area contributed by atoms with Crippen molar-refractivity contribution in [1.29, 1.82) is 0 Å². The maximum absolute atomic E-state index is 12.4. The number of carbonyl (C=O) groups is 1. The minimum atomic E-state index is 0.176. The highest BCUT2D eigenvalue weighted by molar-refractivity contribution is 9.08. The summed E-state index contributed by atoms with van der Waals surface area (Å²) in [6.45, 7) is 3.96. The fourth-order valence-corrected chi connectivity index (χ4v) is 3.62. The number of thioether (sulfide) groups is 1. The van der Waals surface area contributed by atoms with Crippen LogP contribution in [0, 0.1) is 0 Å². The summed E-state index contributed by atoms with van der Waals surface area (Å²) in [7, 11) is 0. The van der Waals surface area contributed by atoms with Gasteiger partial charge in [-0.15, -0.1) is 0 Å². The molecule has 1 aromatic rings. The van der Waals surface area contributed by atoms with E-state index in [2.05, 4.69) is 22.9 Å². The van der Waals surface area contributed by atoms with Crippen molar-refractivity contribution < 1.29 is 4.79 Å². The largest absolute Gasteiger partial charge is 0.337 e. The Kier molecular flexibility index (Phi) is 5.13. The van der Waals surface area contributed by atoms with Crippen LogP contribution in [-0.2, 0) is 5.33 Å². The van der Waals surface area contributed by atoms with E-state index in [1.807, 2.05) is 40.9 Å². The first-order valence-electron chi connectivity index (χ1n) is 6.30. The quantitative estimate of drug-likeness (QED) is 0.791. The highest BCUT2D eigenvalue weighted by atomic mass is 79.9. The van der Waals surface area contributed by atoms with Gasteiger partial charge >= 0.3 is 0 Å². The van der Waals surface area contributed by atoms with E-state index in [4.69, 9.17) is 0 Å². The Bertz CT molecular complexity index is 407. The Labute approximate surface area is 121 Å². The molecule has 0 saturated carbocycles. The molecule has 0 aromatic heterocycles. The Morgan fingerprint density at radius 2 is 2.17 bits per heavy atom. The first-order valence-corrected chi connectivity index (χ1v) is 8.47. The van der Waals surface area contributed by atoms with Gasteiger partial charge in [-0.1, -0.05) is 35.0 Å². The fraction of sp³-hybridized carbons (Fsp3) is 0.500. The smallest absolute Gasteiger partial charge is 0.253 e. The molecular weight excluding hydrogens is 310 g/mol. The van der Waals surface area contributed by atoms with Crippen molar-refractivity contribution >= 4 is 33.6 Å². The van der Waals surface area contributed by atoms with Crippen molar-refractivity contribution in [2.75, 3.05) is 18.8 Å². The van der Waals surface area contributed by atoms with Crippen LogP contribution >= 0.6 is 27.7 Å². The zero-order chi connectivity index (χ0) is 13.0. The van der Waals surface area contributed by atoms with Gasteiger partial charge in [0.2, 0.25) is 0 Å². The average molecular weight is 328 g/mol. The highest BCUT2D eigenvalue weighted by Gasteiger charge is 2.23. The van der Waals surface area contributed by atoms with E-state index in [1.54, 1.807) is 0 Å². The normalized spacial score (nSPS) is 19.9. The molecule has 0 spiro atoms. The molecule has 1 aromatic carbocycles. The summed E-state index contributed by atoms with van der Waals surface area (Å²) in [5.41, 5.74) is 2.01. The lowest BCUT2D eigenvalue weighted by atomic mass is 10.1. The van der Waals surface area contributed by atoms with Crippen molar-refractivity contribution in [1.82, 2.24) is 4.90 Å². The van der Waals surface area contributed by atoms with Crippen LogP contribution in [0.2, 0.25) is 0 Å². The van der Waals surface area contributed by atoms with Crippen LogP contribution in [0.15, 0.2) is 24.3 Å². The van der Waals surface area contributed by atoms with Crippen molar-refractivity contribution in [2.45, 2.75) is 23.9 Å². The number of carbonyl (C=O) groups excluding carboxylic acids is 1. The molecule has 1 aliphatic heterocycles. The number of halogens is 1. The van der Waals surface area contributed by atoms with E-state index in [1.165, 1.54) is 5.56 Å². The Morgan fingerprint density at radius 1 is 1.44 bits per heavy atom. The van der Waals surface area contributed by atoms with E-state index in [0.29, 0.717) is 5.25 Å². The Balaban J connectivity index is 2.05. The third kappa shape index (κ3) is 3.29. The van der Waals surface area contributed by atoms with Crippen LogP contribution in [-0.4, -0.2) is 34.9 Å². The lowest BCUT2D eigenvalue weighted by molar-refractivity contribution is 0.0761. The van der Waals surface area contributed by atoms with Gasteiger partial charge < -0.3 is 4.90 Å². The number of hydrogen-bond donors (Lipinski definition) is 0. The number of benzene rings is 1. The van der Waals surface area contributed by atoms with Crippen LogP contribution in [0.4, 0.5) is 0 Å². The molecule has 98 valence electrons. The molecule has 0 radical (unpaired) electrons. The molecule has 18 heavy (non-hydrogen) atoms. The topological polar surface area (TPSA) is 20.3 Å². The van der Waals surface area contributed by atoms with Gasteiger partial charge in [0.05, 0.1) is 0 Å². The first kappa shape index (κ1) is 13.9. The van der Waals surface area contributed by atoms with Crippen LogP contribution < -0.4 is 0 Å². The van der Waals surface area contributed by atoms with Gasteiger partial charge in [-0.25, -0.2) is 0 Å². The van der Waals surface area contributed by atoms with Crippen LogP contribution in [0.25, 0.3) is 0 Å². The first-order chi connectivity index (χ1) is 8.74. The van der Waals surface area contributed by atoms with Gasteiger partial charge in [0.15, 0.2) is 0 Å². The summed E-state index contributed by atoms with van der Waals surface area (Å²) in [5.74, 6) is 1.24. The lowest BCUT2D eigenvalue weighted by Crippen LogP contribution is -2.41. The summed E-state index contributed by atoms with van der Waals surface area (Å²) >= 11 is 5.40. The molecule has 1 unspecified atom stereocenters. The molecule has 1 fully saturated rings. The van der Waals surface area contributed by atoms with Crippen LogP contribution in [0.5, 0.6) is 0 Å². The van der Waals surface area contributed by atoms with E-state index < -0.39 is 0 Å². The van der Waals surface area contributed by atoms with Gasteiger partial charge in [-0.2, -0.15) is 11.8 Å². The molecular formula is C14H18BrNOS. The maximum atomic E-state index is 12.4. The third-order valence-corrected chi connectivity index (χ3v) is 5.26. The zero-order valence-corrected chi connectivity index (χ0v) is 13.0. The maximum Gasteiger partial charge on any atom is 0.253 e. The van der Waals surface area contributed by atoms with Gasteiger partial charge in [-0.05, 0) is 24.1 Å². The average Bonchev–Trinajstić information content (AvgIpc) is 2.46. The van der Waals surface area contributed by atoms with E-state index >= 15 is 0 Å². The molecule has 1 saturated heterocycles. The molecule has 2 rings (SSSR count). The zero-order valence-electron chi connectivity index (χ0n) is 10.6. The molecule has 0 N–H and O–H groups in total. The number of amides is 1. The molecule has 1 amide bonds. The van der Waals surface area contributed by atoms with Crippen molar-refractivity contribution in [3.63, 3.8) is 0 Å². The summed E-state index contributed by atoms with van der Waals surface area (Å²) < 4.78 is 0. The molecule has 2 nitrogen and oxygen atoms in total. The lowest BCUT2D eigenvalue weighted by Gasteiger charge is -2.32. The van der Waals surface area contributed by atoms with Gasteiger partial charge in [0, 0.05) is 35.0 Å². The summed E-state index contributed by atoms with van der Waals surface area (Å²) in [4.78, 5) is 14.4. The van der Waals surface area contributed by atoms with E-state index in [-0.39, 0.29) is 5.91 Å². The van der Waals surface area contributed by atoms with Crippen LogP contribution in [0.1, 0.15) is 29.3 Å². The number of nitrogens with zero attached hydrogens (tertiary/aromatic N) is 1. The fourth-order valence-electron chi connectivity index (χ4n) is 2.07. The minimum Gasteiger partial charge on any atom is -0.337 e. The van der Waals surface area contributed by atoms with Gasteiger partial charge in [0.25, 0.3) is 5.91 Å². The number of alkyl halides is 1. The number of hydrogen-bond acceptors (Lipinski definition) is 2. The second-order valence-corrected chi connectivity index (χ2v) is 6.45. The van der Waals surface area contributed by atoms with E-state index in [9.17, 15) is 4.79 Å². The Hall–Kier alpha value is -0.480. The second kappa shape index (κ2) is 6.62. The summed E-state index contributed by atoms with van der Waals surface area (Å²) in [5, 5.41) is 1.43. The minimum absolute atomic E-state index is 0.176. The van der Waals surface area contributed by atoms with Crippen molar-refractivity contribution in [2.24, 2.45) is 0 Å². The molecule has 0 aliphatic carbocycles. The Morgan fingerprint density at radius 3 is 2.78 bits per heavy atom. The SMILES string of the molecule is CCC1CN(C(=O)c2ccc(CBr)cc2)CCS1. The second-order valence-electron chi connectivity index (χ2n) is 4.48. The van der Waals surface area contributed by atoms with Crippen molar-refractivity contribution in [3.8, 4) is 0 Å². The van der Waals surface area contributed by atoms with E-state index in [0.717, 1.165) is 36.2 Å². The molecule has 1 aliphatic rings. The predicted molar refractivity (Wildman–Crippen MR) is 81.5 cm³/mol. The number of rotatable bonds is 3. The molecule has 1 heterocycles. The molecule has 1 atom stereocenters. The van der Waals surface area contributed by atoms with Crippen molar-refractivity contribution in [3.05, 3.63) is 35.4 Å². The van der Waals surface area contributed by atoms with Gasteiger partial charge in [-0.3, -0.25) is 4.79 Å². The monoisotopic (exact) mass is 327 g/mol. The third-order valence-electron chi connectivity index (χ3n) is 3.24. The molecule has 0 bridgehead atoms. The summed E-state index contributed by atoms with van der Waals surface area (Å²) in [6.07, 6.45) is 1.14. The highest BCUT2D eigenvalue weighted by Crippen LogP contribution is 2.22. The molecule has 4 heteroatoms. The predicted octanol–water partition coefficient (Wildman–Crippen LogP) is 3.55. The van der Waals surface area contributed by atoms with Gasteiger partial charge in [0.1, 0.15) is 0 Å².